The molecule has 0 aliphatic rings. The van der Waals surface area contributed by atoms with Crippen LogP contribution in [0.25, 0.3) is 0 Å². The van der Waals surface area contributed by atoms with Gasteiger partial charge in [0.25, 0.3) is 0 Å². The maximum atomic E-state index is 9.42. The van der Waals surface area contributed by atoms with Crippen molar-refractivity contribution >= 4 is 0 Å². The largest absolute Gasteiger partial charge is 0.394 e. The maximum Gasteiger partial charge on any atom is 0.0610 e. The maximum absolute atomic E-state index is 9.42. The highest BCUT2D eigenvalue weighted by molar-refractivity contribution is 4.83. The summed E-state index contributed by atoms with van der Waals surface area (Å²) in [7, 11) is 2.15. The fraction of sp³-hybridized carbons (Fsp3) is 1.00. The van der Waals surface area contributed by atoms with Gasteiger partial charge in [-0.25, -0.2) is 0 Å². The van der Waals surface area contributed by atoms with E-state index in [4.69, 9.17) is 0 Å². The Hall–Kier alpha value is -0.120. The van der Waals surface area contributed by atoms with Crippen LogP contribution in [-0.2, 0) is 0 Å². The molecule has 98 valence electrons. The Morgan fingerprint density at radius 3 is 2.38 bits per heavy atom. The monoisotopic (exact) mass is 230 g/mol. The number of aliphatic hydroxyl groups excluding tert-OH is 1. The average molecular weight is 230 g/mol. The number of nitrogens with zero attached hydrogens (tertiary/aromatic N) is 1. The van der Waals surface area contributed by atoms with Crippen LogP contribution in [0.5, 0.6) is 0 Å². The highest BCUT2D eigenvalue weighted by Gasteiger charge is 2.22. The summed E-state index contributed by atoms with van der Waals surface area (Å²) >= 11 is 0. The Morgan fingerprint density at radius 1 is 1.31 bits per heavy atom. The number of hydrogen-bond acceptors (Lipinski definition) is 3. The van der Waals surface area contributed by atoms with E-state index in [-0.39, 0.29) is 12.1 Å². The molecule has 1 unspecified atom stereocenters. The molecule has 0 aromatic heterocycles. The van der Waals surface area contributed by atoms with E-state index in [1.807, 2.05) is 0 Å². The van der Waals surface area contributed by atoms with Crippen molar-refractivity contribution in [1.82, 2.24) is 10.2 Å². The molecule has 0 saturated heterocycles. The standard InChI is InChI=1S/C13H30N2O/c1-6-15(5)10-8-7-9-13(4,11-16)14-12(2)3/h12,14,16H,6-11H2,1-5H3. The number of nitrogens with one attached hydrogen (secondary N) is 1. The number of aliphatic hydroxyl groups is 1. The topological polar surface area (TPSA) is 35.5 Å². The molecule has 0 fully saturated rings. The molecule has 0 heterocycles. The molecule has 0 spiro atoms. The molecule has 0 radical (unpaired) electrons. The Morgan fingerprint density at radius 2 is 1.94 bits per heavy atom. The minimum atomic E-state index is -0.112. The molecule has 3 nitrogen and oxygen atoms in total. The summed E-state index contributed by atoms with van der Waals surface area (Å²) < 4.78 is 0. The quantitative estimate of drug-likeness (QED) is 0.594. The summed E-state index contributed by atoms with van der Waals surface area (Å²) in [5, 5.41) is 12.9. The summed E-state index contributed by atoms with van der Waals surface area (Å²) in [6.07, 6.45) is 3.42. The van der Waals surface area contributed by atoms with Gasteiger partial charge in [0, 0.05) is 11.6 Å². The third-order valence-corrected chi connectivity index (χ3v) is 3.04. The van der Waals surface area contributed by atoms with Gasteiger partial charge in [0.1, 0.15) is 0 Å². The van der Waals surface area contributed by atoms with Crippen molar-refractivity contribution in [3.8, 4) is 0 Å². The highest BCUT2D eigenvalue weighted by atomic mass is 16.3. The third kappa shape index (κ3) is 7.20. The van der Waals surface area contributed by atoms with Crippen LogP contribution in [0.2, 0.25) is 0 Å². The predicted molar refractivity (Wildman–Crippen MR) is 70.8 cm³/mol. The molecule has 0 bridgehead atoms. The average Bonchev–Trinajstić information content (AvgIpc) is 2.23. The van der Waals surface area contributed by atoms with Gasteiger partial charge >= 0.3 is 0 Å². The van der Waals surface area contributed by atoms with Crippen molar-refractivity contribution in [2.75, 3.05) is 26.7 Å². The zero-order valence-corrected chi connectivity index (χ0v) is 11.7. The molecular formula is C13H30N2O. The minimum absolute atomic E-state index is 0.112. The van der Waals surface area contributed by atoms with Gasteiger partial charge < -0.3 is 15.3 Å². The predicted octanol–water partition coefficient (Wildman–Crippen LogP) is 1.86. The zero-order chi connectivity index (χ0) is 12.6. The molecule has 0 aromatic carbocycles. The van der Waals surface area contributed by atoms with E-state index in [1.165, 1.54) is 12.8 Å². The molecule has 0 rings (SSSR count). The van der Waals surface area contributed by atoms with Crippen molar-refractivity contribution in [3.05, 3.63) is 0 Å². The number of hydrogen-bond donors (Lipinski definition) is 2. The highest BCUT2D eigenvalue weighted by Crippen LogP contribution is 2.14. The lowest BCUT2D eigenvalue weighted by atomic mass is 9.95. The minimum Gasteiger partial charge on any atom is -0.394 e. The molecule has 1 atom stereocenters. The van der Waals surface area contributed by atoms with Gasteiger partial charge in [0.15, 0.2) is 0 Å². The van der Waals surface area contributed by atoms with E-state index in [0.29, 0.717) is 6.04 Å². The van der Waals surface area contributed by atoms with E-state index < -0.39 is 0 Å². The van der Waals surface area contributed by atoms with E-state index in [1.54, 1.807) is 0 Å². The number of unbranched alkanes of at least 4 members (excludes halogenated alkanes) is 1. The molecule has 0 aromatic rings. The SMILES string of the molecule is CCN(C)CCCCC(C)(CO)NC(C)C. The zero-order valence-electron chi connectivity index (χ0n) is 11.7. The van der Waals surface area contributed by atoms with Crippen LogP contribution in [0.1, 0.15) is 47.0 Å². The van der Waals surface area contributed by atoms with Gasteiger partial charge in [-0.1, -0.05) is 27.2 Å². The summed E-state index contributed by atoms with van der Waals surface area (Å²) in [5.41, 5.74) is -0.112. The first-order chi connectivity index (χ1) is 7.43. The van der Waals surface area contributed by atoms with E-state index in [9.17, 15) is 5.11 Å². The summed E-state index contributed by atoms with van der Waals surface area (Å²) in [5.74, 6) is 0. The van der Waals surface area contributed by atoms with Crippen molar-refractivity contribution in [2.24, 2.45) is 0 Å². The van der Waals surface area contributed by atoms with Crippen molar-refractivity contribution in [3.63, 3.8) is 0 Å². The molecule has 0 aliphatic heterocycles. The summed E-state index contributed by atoms with van der Waals surface area (Å²) in [6, 6.07) is 0.426. The molecule has 0 aliphatic carbocycles. The second-order valence-corrected chi connectivity index (χ2v) is 5.37. The fourth-order valence-electron chi connectivity index (χ4n) is 1.95. The van der Waals surface area contributed by atoms with Crippen molar-refractivity contribution in [2.45, 2.75) is 58.5 Å². The van der Waals surface area contributed by atoms with Crippen LogP contribution in [0.4, 0.5) is 0 Å². The van der Waals surface area contributed by atoms with E-state index in [2.05, 4.69) is 45.0 Å². The van der Waals surface area contributed by atoms with Gasteiger partial charge in [0.2, 0.25) is 0 Å². The van der Waals surface area contributed by atoms with Crippen molar-refractivity contribution in [1.29, 1.82) is 0 Å². The van der Waals surface area contributed by atoms with Crippen LogP contribution < -0.4 is 5.32 Å². The molecule has 16 heavy (non-hydrogen) atoms. The van der Waals surface area contributed by atoms with Crippen LogP contribution in [0.15, 0.2) is 0 Å². The van der Waals surface area contributed by atoms with Gasteiger partial charge in [0.05, 0.1) is 6.61 Å². The van der Waals surface area contributed by atoms with E-state index in [0.717, 1.165) is 19.5 Å². The van der Waals surface area contributed by atoms with Gasteiger partial charge in [-0.3, -0.25) is 0 Å². The molecular weight excluding hydrogens is 200 g/mol. The van der Waals surface area contributed by atoms with Crippen LogP contribution in [-0.4, -0.2) is 48.3 Å². The lowest BCUT2D eigenvalue weighted by Crippen LogP contribution is -2.49. The molecule has 0 saturated carbocycles. The third-order valence-electron chi connectivity index (χ3n) is 3.04. The van der Waals surface area contributed by atoms with Crippen molar-refractivity contribution < 1.29 is 5.11 Å². The van der Waals surface area contributed by atoms with Gasteiger partial charge in [-0.2, -0.15) is 0 Å². The Balaban J connectivity index is 3.78. The summed E-state index contributed by atoms with van der Waals surface area (Å²) in [4.78, 5) is 2.33. The Bertz CT molecular complexity index is 173. The first-order valence-corrected chi connectivity index (χ1v) is 6.50. The smallest absolute Gasteiger partial charge is 0.0610 e. The van der Waals surface area contributed by atoms with E-state index >= 15 is 0 Å². The first kappa shape index (κ1) is 15.9. The molecule has 0 amide bonds. The van der Waals surface area contributed by atoms with Gasteiger partial charge in [-0.15, -0.1) is 0 Å². The Kier molecular flexibility index (Phi) is 7.98. The normalized spacial score (nSPS) is 15.8. The van der Waals surface area contributed by atoms with Gasteiger partial charge in [-0.05, 0) is 39.9 Å². The molecule has 2 N–H and O–H groups in total. The lowest BCUT2D eigenvalue weighted by molar-refractivity contribution is 0.153. The van der Waals surface area contributed by atoms with Crippen LogP contribution in [0.3, 0.4) is 0 Å². The second-order valence-electron chi connectivity index (χ2n) is 5.37. The first-order valence-electron chi connectivity index (χ1n) is 6.50. The van der Waals surface area contributed by atoms with Crippen LogP contribution >= 0.6 is 0 Å². The lowest BCUT2D eigenvalue weighted by Gasteiger charge is -2.31. The summed E-state index contributed by atoms with van der Waals surface area (Å²) in [6.45, 7) is 11.0. The van der Waals surface area contributed by atoms with Crippen LogP contribution in [0, 0.1) is 0 Å². The fourth-order valence-corrected chi connectivity index (χ4v) is 1.95. The second kappa shape index (κ2) is 8.04. The Labute approximate surface area is 101 Å². The molecule has 3 heteroatoms. The number of rotatable bonds is 9.